The number of anilines is 1. The molecule has 2 N–H and O–H groups in total. The highest BCUT2D eigenvalue weighted by molar-refractivity contribution is 7.09. The van der Waals surface area contributed by atoms with Crippen molar-refractivity contribution in [2.75, 3.05) is 11.9 Å². The first-order valence-electron chi connectivity index (χ1n) is 5.46. The maximum absolute atomic E-state index is 5.52. The van der Waals surface area contributed by atoms with Crippen molar-refractivity contribution in [1.29, 1.82) is 0 Å². The number of hydrogen-bond donors (Lipinski definition) is 1. The molecule has 0 atom stereocenters. The third-order valence-electron chi connectivity index (χ3n) is 2.52. The van der Waals surface area contributed by atoms with Crippen molar-refractivity contribution >= 4 is 17.0 Å². The van der Waals surface area contributed by atoms with Gasteiger partial charge in [0.05, 0.1) is 34.8 Å². The van der Waals surface area contributed by atoms with Crippen molar-refractivity contribution < 1.29 is 0 Å². The fraction of sp³-hybridized carbons (Fsp3) is 0.333. The van der Waals surface area contributed by atoms with Crippen LogP contribution in [0.25, 0.3) is 0 Å². The topological polar surface area (TPSA) is 55.0 Å². The highest BCUT2D eigenvalue weighted by Crippen LogP contribution is 2.16. The molecule has 2 aromatic rings. The van der Waals surface area contributed by atoms with Crippen LogP contribution in [0.3, 0.4) is 0 Å². The van der Waals surface area contributed by atoms with Crippen LogP contribution in [-0.2, 0) is 13.1 Å². The first-order valence-corrected chi connectivity index (χ1v) is 6.34. The van der Waals surface area contributed by atoms with Gasteiger partial charge in [-0.05, 0) is 19.1 Å². The number of aryl methyl sites for hydroxylation is 1. The molecule has 0 aromatic carbocycles. The number of thiazole rings is 1. The minimum Gasteiger partial charge on any atom is -0.367 e. The molecule has 17 heavy (non-hydrogen) atoms. The zero-order valence-corrected chi connectivity index (χ0v) is 10.9. The molecule has 0 spiro atoms. The van der Waals surface area contributed by atoms with Crippen LogP contribution >= 0.6 is 11.3 Å². The van der Waals surface area contributed by atoms with Gasteiger partial charge < -0.3 is 10.6 Å². The molecule has 0 saturated carbocycles. The zero-order valence-electron chi connectivity index (χ0n) is 10.1. The van der Waals surface area contributed by atoms with E-state index >= 15 is 0 Å². The second-order valence-corrected chi connectivity index (χ2v) is 4.99. The Morgan fingerprint density at radius 3 is 2.71 bits per heavy atom. The zero-order chi connectivity index (χ0) is 12.3. The van der Waals surface area contributed by atoms with Crippen molar-refractivity contribution in [3.63, 3.8) is 0 Å². The minimum absolute atomic E-state index is 0.481. The number of rotatable bonds is 4. The molecule has 2 rings (SSSR count). The highest BCUT2D eigenvalue weighted by Gasteiger charge is 2.05. The molecule has 2 heterocycles. The maximum Gasteiger partial charge on any atom is 0.0898 e. The quantitative estimate of drug-likeness (QED) is 0.898. The van der Waals surface area contributed by atoms with E-state index in [1.807, 2.05) is 32.3 Å². The van der Waals surface area contributed by atoms with E-state index in [1.54, 1.807) is 11.3 Å². The van der Waals surface area contributed by atoms with Gasteiger partial charge in [-0.25, -0.2) is 4.98 Å². The van der Waals surface area contributed by atoms with Gasteiger partial charge in [0.15, 0.2) is 0 Å². The van der Waals surface area contributed by atoms with Crippen molar-refractivity contribution in [2.45, 2.75) is 20.0 Å². The maximum atomic E-state index is 5.52. The lowest BCUT2D eigenvalue weighted by Crippen LogP contribution is -2.17. The Hall–Kier alpha value is -1.46. The summed E-state index contributed by atoms with van der Waals surface area (Å²) in [5.41, 5.74) is 8.60. The number of nitrogens with two attached hydrogens (primary N) is 1. The van der Waals surface area contributed by atoms with Gasteiger partial charge in [0, 0.05) is 19.0 Å². The summed E-state index contributed by atoms with van der Waals surface area (Å²) >= 11 is 1.68. The Morgan fingerprint density at radius 2 is 2.18 bits per heavy atom. The number of hydrogen-bond acceptors (Lipinski definition) is 5. The molecular weight excluding hydrogens is 232 g/mol. The van der Waals surface area contributed by atoms with Gasteiger partial charge in [-0.15, -0.1) is 11.3 Å². The fourth-order valence-electron chi connectivity index (χ4n) is 1.58. The predicted molar refractivity (Wildman–Crippen MR) is 71.1 cm³/mol. The summed E-state index contributed by atoms with van der Waals surface area (Å²) in [7, 11) is 2.04. The SMILES string of the molecule is Cc1nc(CN(C)c2ccc(CN)nc2)cs1. The van der Waals surface area contributed by atoms with E-state index in [4.69, 9.17) is 5.73 Å². The van der Waals surface area contributed by atoms with Gasteiger partial charge in [-0.2, -0.15) is 0 Å². The Balaban J connectivity index is 2.06. The molecule has 4 nitrogen and oxygen atoms in total. The third-order valence-corrected chi connectivity index (χ3v) is 3.35. The van der Waals surface area contributed by atoms with Gasteiger partial charge in [-0.1, -0.05) is 0 Å². The summed E-state index contributed by atoms with van der Waals surface area (Å²) in [6.45, 7) is 3.30. The Kier molecular flexibility index (Phi) is 3.71. The smallest absolute Gasteiger partial charge is 0.0898 e. The van der Waals surface area contributed by atoms with E-state index in [2.05, 4.69) is 20.2 Å². The molecule has 0 radical (unpaired) electrons. The fourth-order valence-corrected chi connectivity index (χ4v) is 2.18. The van der Waals surface area contributed by atoms with Crippen molar-refractivity contribution in [1.82, 2.24) is 9.97 Å². The molecule has 0 aliphatic heterocycles. The van der Waals surface area contributed by atoms with E-state index in [0.717, 1.165) is 28.6 Å². The Bertz CT molecular complexity index is 478. The summed E-state index contributed by atoms with van der Waals surface area (Å²) in [5.74, 6) is 0. The predicted octanol–water partition coefficient (Wildman–Crippen LogP) is 1.94. The molecule has 5 heteroatoms. The summed E-state index contributed by atoms with van der Waals surface area (Å²) < 4.78 is 0. The second kappa shape index (κ2) is 5.25. The standard InChI is InChI=1S/C12H16N4S/c1-9-15-11(8-17-9)7-16(2)12-4-3-10(5-13)14-6-12/h3-4,6,8H,5,7,13H2,1-2H3. The molecule has 0 amide bonds. The highest BCUT2D eigenvalue weighted by atomic mass is 32.1. The van der Waals surface area contributed by atoms with Crippen LogP contribution in [0.15, 0.2) is 23.7 Å². The van der Waals surface area contributed by atoms with E-state index < -0.39 is 0 Å². The molecular formula is C12H16N4S. The third kappa shape index (κ3) is 3.01. The van der Waals surface area contributed by atoms with Crippen LogP contribution in [-0.4, -0.2) is 17.0 Å². The van der Waals surface area contributed by atoms with E-state index in [9.17, 15) is 0 Å². The largest absolute Gasteiger partial charge is 0.367 e. The number of pyridine rings is 1. The first-order chi connectivity index (χ1) is 8.19. The molecule has 0 aliphatic carbocycles. The average Bonchev–Trinajstić information content (AvgIpc) is 2.75. The first kappa shape index (κ1) is 12.0. The average molecular weight is 248 g/mol. The van der Waals surface area contributed by atoms with Gasteiger partial charge >= 0.3 is 0 Å². The van der Waals surface area contributed by atoms with Crippen LogP contribution < -0.4 is 10.6 Å². The van der Waals surface area contributed by atoms with Crippen LogP contribution in [0.2, 0.25) is 0 Å². The van der Waals surface area contributed by atoms with Crippen LogP contribution in [0.4, 0.5) is 5.69 Å². The van der Waals surface area contributed by atoms with E-state index in [-0.39, 0.29) is 0 Å². The summed E-state index contributed by atoms with van der Waals surface area (Å²) in [6.07, 6.45) is 1.85. The monoisotopic (exact) mass is 248 g/mol. The summed E-state index contributed by atoms with van der Waals surface area (Å²) in [5, 5.41) is 3.19. The van der Waals surface area contributed by atoms with Crippen molar-refractivity contribution in [3.05, 3.63) is 40.1 Å². The van der Waals surface area contributed by atoms with Crippen molar-refractivity contribution in [3.8, 4) is 0 Å². The number of nitrogens with zero attached hydrogens (tertiary/aromatic N) is 3. The van der Waals surface area contributed by atoms with Gasteiger partial charge in [0.2, 0.25) is 0 Å². The van der Waals surface area contributed by atoms with Crippen LogP contribution in [0, 0.1) is 6.92 Å². The lowest BCUT2D eigenvalue weighted by atomic mass is 10.3. The normalized spacial score (nSPS) is 10.5. The van der Waals surface area contributed by atoms with Gasteiger partial charge in [0.25, 0.3) is 0 Å². The summed E-state index contributed by atoms with van der Waals surface area (Å²) in [6, 6.07) is 3.99. The second-order valence-electron chi connectivity index (χ2n) is 3.93. The number of aromatic nitrogens is 2. The molecule has 0 bridgehead atoms. The van der Waals surface area contributed by atoms with Crippen molar-refractivity contribution in [2.24, 2.45) is 5.73 Å². The Morgan fingerprint density at radius 1 is 1.35 bits per heavy atom. The van der Waals surface area contributed by atoms with E-state index in [1.165, 1.54) is 0 Å². The molecule has 2 aromatic heterocycles. The molecule has 0 saturated heterocycles. The van der Waals surface area contributed by atoms with Gasteiger partial charge in [0.1, 0.15) is 0 Å². The molecule has 0 fully saturated rings. The lowest BCUT2D eigenvalue weighted by Gasteiger charge is -2.17. The molecule has 0 unspecified atom stereocenters. The molecule has 0 aliphatic rings. The van der Waals surface area contributed by atoms with Crippen LogP contribution in [0.1, 0.15) is 16.4 Å². The lowest BCUT2D eigenvalue weighted by molar-refractivity contribution is 0.881. The Labute approximate surface area is 105 Å². The van der Waals surface area contributed by atoms with E-state index in [0.29, 0.717) is 6.54 Å². The summed E-state index contributed by atoms with van der Waals surface area (Å²) in [4.78, 5) is 10.9. The van der Waals surface area contributed by atoms with Crippen LogP contribution in [0.5, 0.6) is 0 Å². The minimum atomic E-state index is 0.481. The molecule has 90 valence electrons. The van der Waals surface area contributed by atoms with Gasteiger partial charge in [-0.3, -0.25) is 4.98 Å².